The second-order valence-electron chi connectivity index (χ2n) is 4.58. The van der Waals surface area contributed by atoms with Crippen LogP contribution in [0.3, 0.4) is 0 Å². The fourth-order valence-corrected chi connectivity index (χ4v) is 1.96. The minimum absolute atomic E-state index is 0.222. The number of hydrogen-bond acceptors (Lipinski definition) is 4. The molecule has 0 aliphatic heterocycles. The highest BCUT2D eigenvalue weighted by molar-refractivity contribution is 5.85. The Labute approximate surface area is 128 Å². The molecule has 0 saturated heterocycles. The zero-order valence-electron chi connectivity index (χ0n) is 12.2. The van der Waals surface area contributed by atoms with Crippen LogP contribution < -0.4 is 4.74 Å². The standard InChI is InChI=1S/C17H17NO4/c1-2-12-5-3-4-6-15(12)22-16-9-7-13(11-19)18-14(16)8-10-17(20)21/h3-10,19H,2,11H2,1H3,(H,20,21). The molecule has 0 bridgehead atoms. The highest BCUT2D eigenvalue weighted by atomic mass is 16.5. The summed E-state index contributed by atoms with van der Waals surface area (Å²) in [5.41, 5.74) is 1.85. The van der Waals surface area contributed by atoms with E-state index in [0.29, 0.717) is 22.9 Å². The molecule has 5 nitrogen and oxygen atoms in total. The van der Waals surface area contributed by atoms with Gasteiger partial charge in [0, 0.05) is 6.08 Å². The number of nitrogens with zero attached hydrogens (tertiary/aromatic N) is 1. The molecular formula is C17H17NO4. The van der Waals surface area contributed by atoms with Crippen molar-refractivity contribution >= 4 is 12.0 Å². The topological polar surface area (TPSA) is 79.7 Å². The Hall–Kier alpha value is -2.66. The molecule has 1 heterocycles. The van der Waals surface area contributed by atoms with E-state index in [1.807, 2.05) is 31.2 Å². The molecule has 0 fully saturated rings. The molecule has 0 spiro atoms. The number of aromatic nitrogens is 1. The van der Waals surface area contributed by atoms with Gasteiger partial charge in [-0.25, -0.2) is 9.78 Å². The third-order valence-electron chi connectivity index (χ3n) is 3.06. The molecule has 2 N–H and O–H groups in total. The molecule has 0 saturated carbocycles. The van der Waals surface area contributed by atoms with Crippen LogP contribution in [-0.4, -0.2) is 21.2 Å². The molecule has 5 heteroatoms. The number of carboxylic acids is 1. The first-order valence-electron chi connectivity index (χ1n) is 6.91. The van der Waals surface area contributed by atoms with E-state index in [-0.39, 0.29) is 6.61 Å². The van der Waals surface area contributed by atoms with Crippen LogP contribution in [-0.2, 0) is 17.8 Å². The number of benzene rings is 1. The van der Waals surface area contributed by atoms with Gasteiger partial charge in [0.1, 0.15) is 11.4 Å². The average molecular weight is 299 g/mol. The van der Waals surface area contributed by atoms with Crippen molar-refractivity contribution < 1.29 is 19.7 Å². The van der Waals surface area contributed by atoms with Gasteiger partial charge < -0.3 is 14.9 Å². The van der Waals surface area contributed by atoms with E-state index in [1.54, 1.807) is 12.1 Å². The number of aliphatic hydroxyl groups excluding tert-OH is 1. The van der Waals surface area contributed by atoms with Crippen molar-refractivity contribution in [1.29, 1.82) is 0 Å². The number of aliphatic carboxylic acids is 1. The summed E-state index contributed by atoms with van der Waals surface area (Å²) in [5, 5.41) is 17.9. The van der Waals surface area contributed by atoms with Crippen LogP contribution in [0.25, 0.3) is 6.08 Å². The lowest BCUT2D eigenvalue weighted by Crippen LogP contribution is -1.98. The van der Waals surface area contributed by atoms with Crippen molar-refractivity contribution in [3.05, 3.63) is 59.4 Å². The van der Waals surface area contributed by atoms with Gasteiger partial charge in [-0.15, -0.1) is 0 Å². The maximum absolute atomic E-state index is 10.7. The molecule has 0 unspecified atom stereocenters. The van der Waals surface area contributed by atoms with Crippen molar-refractivity contribution in [2.45, 2.75) is 20.0 Å². The number of pyridine rings is 1. The van der Waals surface area contributed by atoms with Gasteiger partial charge in [-0.05, 0) is 36.3 Å². The van der Waals surface area contributed by atoms with Gasteiger partial charge in [-0.1, -0.05) is 25.1 Å². The average Bonchev–Trinajstić information content (AvgIpc) is 2.54. The lowest BCUT2D eigenvalue weighted by atomic mass is 10.1. The number of carboxylic acid groups (broad SMARTS) is 1. The zero-order valence-corrected chi connectivity index (χ0v) is 12.2. The number of aryl methyl sites for hydroxylation is 1. The molecule has 0 amide bonds. The second-order valence-corrected chi connectivity index (χ2v) is 4.58. The van der Waals surface area contributed by atoms with Crippen LogP contribution in [0.5, 0.6) is 11.5 Å². The summed E-state index contributed by atoms with van der Waals surface area (Å²) in [6.45, 7) is 1.81. The second kappa shape index (κ2) is 7.38. The predicted octanol–water partition coefficient (Wildman–Crippen LogP) is 3.03. The van der Waals surface area contributed by atoms with Gasteiger partial charge in [-0.2, -0.15) is 0 Å². The van der Waals surface area contributed by atoms with E-state index in [2.05, 4.69) is 4.98 Å². The SMILES string of the molecule is CCc1ccccc1Oc1ccc(CO)nc1C=CC(=O)O. The Morgan fingerprint density at radius 3 is 2.68 bits per heavy atom. The van der Waals surface area contributed by atoms with Crippen molar-refractivity contribution in [3.8, 4) is 11.5 Å². The van der Waals surface area contributed by atoms with Gasteiger partial charge in [0.15, 0.2) is 5.75 Å². The lowest BCUT2D eigenvalue weighted by Gasteiger charge is -2.12. The number of para-hydroxylation sites is 1. The van der Waals surface area contributed by atoms with Crippen LogP contribution in [0.4, 0.5) is 0 Å². The van der Waals surface area contributed by atoms with Crippen molar-refractivity contribution in [1.82, 2.24) is 4.98 Å². The number of hydrogen-bond donors (Lipinski definition) is 2. The molecule has 1 aromatic carbocycles. The molecular weight excluding hydrogens is 282 g/mol. The highest BCUT2D eigenvalue weighted by Crippen LogP contribution is 2.28. The first-order valence-corrected chi connectivity index (χ1v) is 6.91. The third-order valence-corrected chi connectivity index (χ3v) is 3.06. The molecule has 0 atom stereocenters. The van der Waals surface area contributed by atoms with Crippen molar-refractivity contribution in [2.75, 3.05) is 0 Å². The summed E-state index contributed by atoms with van der Waals surface area (Å²) in [6.07, 6.45) is 3.16. The largest absolute Gasteiger partial charge is 0.478 e. The minimum atomic E-state index is -1.07. The zero-order chi connectivity index (χ0) is 15.9. The molecule has 2 aromatic rings. The van der Waals surface area contributed by atoms with E-state index in [0.717, 1.165) is 18.1 Å². The summed E-state index contributed by atoms with van der Waals surface area (Å²) < 4.78 is 5.88. The molecule has 0 aliphatic rings. The van der Waals surface area contributed by atoms with Gasteiger partial charge in [0.2, 0.25) is 0 Å². The summed E-state index contributed by atoms with van der Waals surface area (Å²) in [5.74, 6) is 0.0697. The Kier molecular flexibility index (Phi) is 5.27. The maximum atomic E-state index is 10.7. The summed E-state index contributed by atoms with van der Waals surface area (Å²) >= 11 is 0. The van der Waals surface area contributed by atoms with Gasteiger partial charge in [0.05, 0.1) is 12.3 Å². The molecule has 114 valence electrons. The smallest absolute Gasteiger partial charge is 0.328 e. The Bertz CT molecular complexity index is 695. The number of carbonyl (C=O) groups is 1. The fraction of sp³-hybridized carbons (Fsp3) is 0.176. The summed E-state index contributed by atoms with van der Waals surface area (Å²) in [7, 11) is 0. The molecule has 0 radical (unpaired) electrons. The Morgan fingerprint density at radius 1 is 1.23 bits per heavy atom. The lowest BCUT2D eigenvalue weighted by molar-refractivity contribution is -0.131. The van der Waals surface area contributed by atoms with Crippen LogP contribution in [0.2, 0.25) is 0 Å². The molecule has 22 heavy (non-hydrogen) atoms. The molecule has 1 aromatic heterocycles. The third kappa shape index (κ3) is 3.93. The summed E-state index contributed by atoms with van der Waals surface area (Å²) in [4.78, 5) is 14.9. The Morgan fingerprint density at radius 2 is 2.00 bits per heavy atom. The van der Waals surface area contributed by atoms with Crippen LogP contribution in [0, 0.1) is 0 Å². The number of ether oxygens (including phenoxy) is 1. The molecule has 2 rings (SSSR count). The van der Waals surface area contributed by atoms with E-state index in [9.17, 15) is 4.79 Å². The first kappa shape index (κ1) is 15.7. The van der Waals surface area contributed by atoms with Gasteiger partial charge in [-0.3, -0.25) is 0 Å². The highest BCUT2D eigenvalue weighted by Gasteiger charge is 2.08. The quantitative estimate of drug-likeness (QED) is 0.801. The predicted molar refractivity (Wildman–Crippen MR) is 82.7 cm³/mol. The van der Waals surface area contributed by atoms with E-state index < -0.39 is 5.97 Å². The van der Waals surface area contributed by atoms with E-state index in [4.69, 9.17) is 14.9 Å². The first-order chi connectivity index (χ1) is 10.6. The van der Waals surface area contributed by atoms with Crippen LogP contribution in [0.1, 0.15) is 23.9 Å². The van der Waals surface area contributed by atoms with Gasteiger partial charge >= 0.3 is 5.97 Å². The van der Waals surface area contributed by atoms with E-state index in [1.165, 1.54) is 6.08 Å². The normalized spacial score (nSPS) is 10.8. The van der Waals surface area contributed by atoms with E-state index >= 15 is 0 Å². The van der Waals surface area contributed by atoms with Crippen LogP contribution in [0.15, 0.2) is 42.5 Å². The van der Waals surface area contributed by atoms with Crippen molar-refractivity contribution in [2.24, 2.45) is 0 Å². The maximum Gasteiger partial charge on any atom is 0.328 e. The fourth-order valence-electron chi connectivity index (χ4n) is 1.96. The minimum Gasteiger partial charge on any atom is -0.478 e. The number of rotatable bonds is 6. The number of aliphatic hydroxyl groups is 1. The van der Waals surface area contributed by atoms with Crippen LogP contribution >= 0.6 is 0 Å². The van der Waals surface area contributed by atoms with Gasteiger partial charge in [0.25, 0.3) is 0 Å². The summed E-state index contributed by atoms with van der Waals surface area (Å²) in [6, 6.07) is 10.9. The molecule has 0 aliphatic carbocycles. The monoisotopic (exact) mass is 299 g/mol. The Balaban J connectivity index is 2.39. The van der Waals surface area contributed by atoms with Crippen molar-refractivity contribution in [3.63, 3.8) is 0 Å².